The number of nitrogens with one attached hydrogen (secondary N) is 1. The Balaban J connectivity index is 1.55. The Morgan fingerprint density at radius 3 is 2.55 bits per heavy atom. The zero-order valence-electron chi connectivity index (χ0n) is 18.4. The lowest BCUT2D eigenvalue weighted by atomic mass is 9.94. The summed E-state index contributed by atoms with van der Waals surface area (Å²) < 4.78 is 12.5. The molecule has 0 unspecified atom stereocenters. The lowest BCUT2D eigenvalue weighted by molar-refractivity contribution is -0.124. The summed E-state index contributed by atoms with van der Waals surface area (Å²) in [5, 5.41) is 3.41. The Hall–Kier alpha value is -2.51. The molecule has 33 heavy (non-hydrogen) atoms. The molecule has 3 amide bonds. The van der Waals surface area contributed by atoms with Crippen LogP contribution in [0.1, 0.15) is 50.2 Å². The number of carbonyl (C=O) groups excluding carboxylic acids is 2. The zero-order chi connectivity index (χ0) is 23.4. The average Bonchev–Trinajstić information content (AvgIpc) is 3.08. The number of imide groups is 1. The molecule has 1 aliphatic carbocycles. The van der Waals surface area contributed by atoms with Gasteiger partial charge in [0.2, 0.25) is 0 Å². The van der Waals surface area contributed by atoms with Crippen LogP contribution in [0.15, 0.2) is 46.6 Å². The van der Waals surface area contributed by atoms with Gasteiger partial charge in [0.25, 0.3) is 5.91 Å². The molecule has 2 aromatic rings. The van der Waals surface area contributed by atoms with Crippen LogP contribution in [0.4, 0.5) is 4.79 Å². The molecule has 1 heterocycles. The monoisotopic (exact) mass is 532 g/mol. The van der Waals surface area contributed by atoms with Crippen LogP contribution in [0.3, 0.4) is 0 Å². The van der Waals surface area contributed by atoms with Crippen LogP contribution >= 0.6 is 27.5 Å². The SMILES string of the molecule is CCOc1cc(/C=C2\NC(=O)N(C3CCCCC3)C2=O)cc(Br)c1OCc1ccc(Cl)cc1. The van der Waals surface area contributed by atoms with Crippen molar-refractivity contribution < 1.29 is 19.1 Å². The molecule has 6 nitrogen and oxygen atoms in total. The fourth-order valence-electron chi connectivity index (χ4n) is 4.20. The van der Waals surface area contributed by atoms with E-state index in [0.717, 1.165) is 43.2 Å². The summed E-state index contributed by atoms with van der Waals surface area (Å²) in [4.78, 5) is 26.9. The van der Waals surface area contributed by atoms with Crippen LogP contribution in [0.25, 0.3) is 6.08 Å². The van der Waals surface area contributed by atoms with E-state index in [2.05, 4.69) is 21.2 Å². The molecule has 1 saturated heterocycles. The predicted molar refractivity (Wildman–Crippen MR) is 131 cm³/mol. The summed E-state index contributed by atoms with van der Waals surface area (Å²) in [6.07, 6.45) is 6.66. The minimum atomic E-state index is -0.342. The number of benzene rings is 2. The normalized spacial score (nSPS) is 18.0. The van der Waals surface area contributed by atoms with E-state index in [0.29, 0.717) is 34.2 Å². The number of amides is 3. The summed E-state index contributed by atoms with van der Waals surface area (Å²) in [6, 6.07) is 10.7. The van der Waals surface area contributed by atoms with Gasteiger partial charge in [-0.3, -0.25) is 9.69 Å². The fraction of sp³-hybridized carbons (Fsp3) is 0.360. The van der Waals surface area contributed by atoms with Gasteiger partial charge in [0.05, 0.1) is 11.1 Å². The van der Waals surface area contributed by atoms with Crippen LogP contribution in [0.2, 0.25) is 5.02 Å². The van der Waals surface area contributed by atoms with Crippen molar-refractivity contribution in [2.45, 2.75) is 51.7 Å². The Kier molecular flexibility index (Phi) is 7.60. The van der Waals surface area contributed by atoms with Crippen LogP contribution < -0.4 is 14.8 Å². The third-order valence-electron chi connectivity index (χ3n) is 5.79. The summed E-state index contributed by atoms with van der Waals surface area (Å²) in [5.41, 5.74) is 1.97. The molecule has 0 aromatic heterocycles. The van der Waals surface area contributed by atoms with Crippen LogP contribution in [0, 0.1) is 0 Å². The maximum absolute atomic E-state index is 13.0. The Morgan fingerprint density at radius 1 is 1.12 bits per heavy atom. The van der Waals surface area contributed by atoms with Gasteiger partial charge in [0.15, 0.2) is 11.5 Å². The van der Waals surface area contributed by atoms with Gasteiger partial charge in [0, 0.05) is 11.1 Å². The zero-order valence-corrected chi connectivity index (χ0v) is 20.7. The topological polar surface area (TPSA) is 67.9 Å². The molecule has 0 spiro atoms. The standard InChI is InChI=1S/C25H26BrClN2O4/c1-2-32-22-14-17(12-20(26)23(22)33-15-16-8-10-18(27)11-9-16)13-21-24(30)29(25(31)28-21)19-6-4-3-5-7-19/h8-14,19H,2-7,15H2,1H3,(H,28,31)/b21-13-. The third-order valence-corrected chi connectivity index (χ3v) is 6.63. The summed E-state index contributed by atoms with van der Waals surface area (Å²) in [7, 11) is 0. The van der Waals surface area contributed by atoms with Crippen molar-refractivity contribution in [3.63, 3.8) is 0 Å². The van der Waals surface area contributed by atoms with Crippen LogP contribution in [-0.4, -0.2) is 29.5 Å². The molecule has 174 valence electrons. The first-order chi connectivity index (χ1) is 16.0. The van der Waals surface area contributed by atoms with E-state index in [-0.39, 0.29) is 23.7 Å². The molecule has 1 N–H and O–H groups in total. The molecule has 0 bridgehead atoms. The number of ether oxygens (including phenoxy) is 2. The quantitative estimate of drug-likeness (QED) is 0.335. The van der Waals surface area contributed by atoms with Crippen molar-refractivity contribution in [1.29, 1.82) is 0 Å². The van der Waals surface area contributed by atoms with Crippen molar-refractivity contribution in [2.75, 3.05) is 6.61 Å². The molecule has 1 aliphatic heterocycles. The van der Waals surface area contributed by atoms with Gasteiger partial charge in [-0.05, 0) is 77.2 Å². The second kappa shape index (κ2) is 10.6. The van der Waals surface area contributed by atoms with Crippen molar-refractivity contribution in [1.82, 2.24) is 10.2 Å². The van der Waals surface area contributed by atoms with Gasteiger partial charge in [-0.25, -0.2) is 4.79 Å². The molecule has 0 atom stereocenters. The first kappa shape index (κ1) is 23.6. The van der Waals surface area contributed by atoms with E-state index >= 15 is 0 Å². The highest BCUT2D eigenvalue weighted by atomic mass is 79.9. The lowest BCUT2D eigenvalue weighted by Gasteiger charge is -2.28. The van der Waals surface area contributed by atoms with Gasteiger partial charge in [0.1, 0.15) is 12.3 Å². The molecule has 2 fully saturated rings. The molecule has 2 aliphatic rings. The van der Waals surface area contributed by atoms with E-state index in [1.165, 1.54) is 4.90 Å². The molecule has 0 radical (unpaired) electrons. The molecule has 4 rings (SSSR count). The lowest BCUT2D eigenvalue weighted by Crippen LogP contribution is -2.41. The van der Waals surface area contributed by atoms with E-state index in [1.807, 2.05) is 37.3 Å². The highest BCUT2D eigenvalue weighted by molar-refractivity contribution is 9.10. The maximum Gasteiger partial charge on any atom is 0.329 e. The first-order valence-electron chi connectivity index (χ1n) is 11.2. The summed E-state index contributed by atoms with van der Waals surface area (Å²) >= 11 is 9.52. The van der Waals surface area contributed by atoms with Crippen LogP contribution in [-0.2, 0) is 11.4 Å². The van der Waals surface area contributed by atoms with Gasteiger partial charge < -0.3 is 14.8 Å². The molecule has 2 aromatic carbocycles. The molecular weight excluding hydrogens is 508 g/mol. The summed E-state index contributed by atoms with van der Waals surface area (Å²) in [6.45, 7) is 2.70. The van der Waals surface area contributed by atoms with Crippen molar-refractivity contribution in [3.05, 3.63) is 62.7 Å². The highest BCUT2D eigenvalue weighted by Crippen LogP contribution is 2.38. The molecule has 1 saturated carbocycles. The first-order valence-corrected chi connectivity index (χ1v) is 12.3. The largest absolute Gasteiger partial charge is 0.490 e. The van der Waals surface area contributed by atoms with Gasteiger partial charge >= 0.3 is 6.03 Å². The highest BCUT2D eigenvalue weighted by Gasteiger charge is 2.39. The van der Waals surface area contributed by atoms with E-state index in [9.17, 15) is 9.59 Å². The number of carbonyl (C=O) groups is 2. The Bertz CT molecular complexity index is 1060. The number of halogens is 2. The average molecular weight is 534 g/mol. The van der Waals surface area contributed by atoms with E-state index in [1.54, 1.807) is 12.1 Å². The third kappa shape index (κ3) is 5.53. The van der Waals surface area contributed by atoms with Crippen LogP contribution in [0.5, 0.6) is 11.5 Å². The van der Waals surface area contributed by atoms with Crippen molar-refractivity contribution in [2.24, 2.45) is 0 Å². The van der Waals surface area contributed by atoms with E-state index in [4.69, 9.17) is 21.1 Å². The van der Waals surface area contributed by atoms with E-state index < -0.39 is 0 Å². The minimum Gasteiger partial charge on any atom is -0.490 e. The molecular formula is C25H26BrClN2O4. The summed E-state index contributed by atoms with van der Waals surface area (Å²) in [5.74, 6) is 0.845. The number of nitrogens with zero attached hydrogens (tertiary/aromatic N) is 1. The second-order valence-corrected chi connectivity index (χ2v) is 9.42. The van der Waals surface area contributed by atoms with Crippen molar-refractivity contribution in [3.8, 4) is 11.5 Å². The van der Waals surface area contributed by atoms with Gasteiger partial charge in [-0.2, -0.15) is 0 Å². The Labute approximate surface area is 207 Å². The van der Waals surface area contributed by atoms with Gasteiger partial charge in [-0.1, -0.05) is 43.0 Å². The number of rotatable bonds is 7. The van der Waals surface area contributed by atoms with Crippen molar-refractivity contribution >= 4 is 45.5 Å². The number of hydrogen-bond acceptors (Lipinski definition) is 4. The predicted octanol–water partition coefficient (Wildman–Crippen LogP) is 6.31. The van der Waals surface area contributed by atoms with Gasteiger partial charge in [-0.15, -0.1) is 0 Å². The Morgan fingerprint density at radius 2 is 1.85 bits per heavy atom. The number of hydrogen-bond donors (Lipinski definition) is 1. The minimum absolute atomic E-state index is 0.0217. The maximum atomic E-state index is 13.0. The molecule has 8 heteroatoms. The smallest absolute Gasteiger partial charge is 0.329 e. The number of urea groups is 1. The second-order valence-electron chi connectivity index (χ2n) is 8.13. The fourth-order valence-corrected chi connectivity index (χ4v) is 4.90.